The van der Waals surface area contributed by atoms with E-state index in [9.17, 15) is 9.59 Å². The number of carbonyl (C=O) groups is 2. The van der Waals surface area contributed by atoms with E-state index in [0.717, 1.165) is 18.4 Å². The molecule has 1 aromatic carbocycles. The number of hydrogen-bond acceptors (Lipinski definition) is 6. The Kier molecular flexibility index (Phi) is 11.1. The van der Waals surface area contributed by atoms with Crippen LogP contribution in [0.3, 0.4) is 0 Å². The maximum absolute atomic E-state index is 11.5. The number of halogens is 1. The Labute approximate surface area is 136 Å². The quantitative estimate of drug-likeness (QED) is 0.404. The number of hydrogen-bond donors (Lipinski definition) is 2. The Hall–Kier alpha value is -1.63. The van der Waals surface area contributed by atoms with Crippen LogP contribution >= 0.6 is 12.4 Å². The number of nitrogens with one attached hydrogen (secondary N) is 1. The molecule has 0 aliphatic carbocycles. The fourth-order valence-corrected chi connectivity index (χ4v) is 1.76. The molecule has 0 saturated heterocycles. The third kappa shape index (κ3) is 8.61. The summed E-state index contributed by atoms with van der Waals surface area (Å²) in [6.07, 6.45) is 2.29. The average Bonchev–Trinajstić information content (AvgIpc) is 2.50. The van der Waals surface area contributed by atoms with E-state index >= 15 is 0 Å². The van der Waals surface area contributed by atoms with Crippen molar-refractivity contribution >= 4 is 24.3 Å². The first-order chi connectivity index (χ1) is 10.1. The summed E-state index contributed by atoms with van der Waals surface area (Å²) in [4.78, 5) is 27.5. The normalized spacial score (nSPS) is 11.2. The van der Waals surface area contributed by atoms with Gasteiger partial charge in [0.15, 0.2) is 0 Å². The van der Waals surface area contributed by atoms with E-state index in [1.54, 1.807) is 0 Å². The maximum Gasteiger partial charge on any atom is 0.329 e. The number of benzene rings is 1. The molecule has 0 aliphatic heterocycles. The van der Waals surface area contributed by atoms with Crippen LogP contribution in [0.1, 0.15) is 24.8 Å². The number of methoxy groups -OCH3 is 1. The first kappa shape index (κ1) is 20.4. The van der Waals surface area contributed by atoms with Gasteiger partial charge in [0, 0.05) is 6.54 Å². The molecule has 1 unspecified atom stereocenters. The maximum atomic E-state index is 11.5. The fourth-order valence-electron chi connectivity index (χ4n) is 1.76. The molecule has 6 nitrogen and oxygen atoms in total. The number of esters is 1. The van der Waals surface area contributed by atoms with Crippen LogP contribution in [0.2, 0.25) is 0 Å². The lowest BCUT2D eigenvalue weighted by atomic mass is 10.1. The summed E-state index contributed by atoms with van der Waals surface area (Å²) in [6, 6.07) is 8.80. The van der Waals surface area contributed by atoms with Gasteiger partial charge in [-0.05, 0) is 24.8 Å². The van der Waals surface area contributed by atoms with Gasteiger partial charge < -0.3 is 15.3 Å². The minimum atomic E-state index is -0.587. The van der Waals surface area contributed by atoms with Gasteiger partial charge in [-0.2, -0.15) is 5.48 Å². The van der Waals surface area contributed by atoms with Crippen molar-refractivity contribution in [2.75, 3.05) is 13.7 Å². The van der Waals surface area contributed by atoms with E-state index in [1.807, 2.05) is 30.3 Å². The second-order valence-electron chi connectivity index (χ2n) is 4.66. The number of hydroxylamine groups is 1. The molecular formula is C15H23ClN2O4. The molecule has 7 heteroatoms. The zero-order chi connectivity index (χ0) is 15.5. The number of rotatable bonds is 9. The molecule has 3 N–H and O–H groups in total. The molecular weight excluding hydrogens is 308 g/mol. The van der Waals surface area contributed by atoms with Crippen LogP contribution in [0.25, 0.3) is 0 Å². The molecule has 0 fully saturated rings. The molecule has 1 atom stereocenters. The zero-order valence-corrected chi connectivity index (χ0v) is 13.4. The Bertz CT molecular complexity index is 442. The molecule has 1 rings (SSSR count). The monoisotopic (exact) mass is 330 g/mol. The molecule has 22 heavy (non-hydrogen) atoms. The summed E-state index contributed by atoms with van der Waals surface area (Å²) in [5.74, 6) is -0.732. The topological polar surface area (TPSA) is 90.7 Å². The molecule has 0 aliphatic rings. The second kappa shape index (κ2) is 12.0. The SMILES string of the molecule is COC(=O)C(N)CCCCNOC(=O)Cc1ccccc1.Cl. The summed E-state index contributed by atoms with van der Waals surface area (Å²) < 4.78 is 4.53. The zero-order valence-electron chi connectivity index (χ0n) is 12.6. The standard InChI is InChI=1S/C15H22N2O4.ClH/c1-20-15(19)13(16)9-5-6-10-17-21-14(18)11-12-7-3-2-4-8-12;/h2-4,7-8,13,17H,5-6,9-11,16H2,1H3;1H. The number of unbranched alkanes of at least 4 members (excludes halogenated alkanes) is 1. The molecule has 0 bridgehead atoms. The molecule has 0 heterocycles. The number of nitrogens with two attached hydrogens (primary N) is 1. The van der Waals surface area contributed by atoms with Gasteiger partial charge in [0.1, 0.15) is 6.04 Å². The van der Waals surface area contributed by atoms with Crippen LogP contribution in [0, 0.1) is 0 Å². The van der Waals surface area contributed by atoms with E-state index in [2.05, 4.69) is 10.2 Å². The van der Waals surface area contributed by atoms with Crippen molar-refractivity contribution in [1.29, 1.82) is 0 Å². The van der Waals surface area contributed by atoms with Crippen LogP contribution in [-0.2, 0) is 25.6 Å². The van der Waals surface area contributed by atoms with Crippen LogP contribution in [0.5, 0.6) is 0 Å². The number of ether oxygens (including phenoxy) is 1. The summed E-state index contributed by atoms with van der Waals surface area (Å²) in [7, 11) is 1.32. The summed E-state index contributed by atoms with van der Waals surface area (Å²) in [6.45, 7) is 0.522. The van der Waals surface area contributed by atoms with Crippen molar-refractivity contribution < 1.29 is 19.2 Å². The molecule has 0 saturated carbocycles. The van der Waals surface area contributed by atoms with Crippen molar-refractivity contribution in [3.63, 3.8) is 0 Å². The van der Waals surface area contributed by atoms with Gasteiger partial charge >= 0.3 is 11.9 Å². The first-order valence-electron chi connectivity index (χ1n) is 6.93. The van der Waals surface area contributed by atoms with E-state index in [1.165, 1.54) is 7.11 Å². The predicted molar refractivity (Wildman–Crippen MR) is 85.3 cm³/mol. The molecule has 124 valence electrons. The summed E-state index contributed by atoms with van der Waals surface area (Å²) in [5.41, 5.74) is 9.12. The molecule has 0 spiro atoms. The van der Waals surface area contributed by atoms with Gasteiger partial charge in [0.25, 0.3) is 0 Å². The summed E-state index contributed by atoms with van der Waals surface area (Å²) >= 11 is 0. The van der Waals surface area contributed by atoms with Crippen molar-refractivity contribution in [2.45, 2.75) is 31.7 Å². The molecule has 0 aromatic heterocycles. The highest BCUT2D eigenvalue weighted by atomic mass is 35.5. The predicted octanol–water partition coefficient (Wildman–Crippen LogP) is 1.37. The third-order valence-corrected chi connectivity index (χ3v) is 2.93. The lowest BCUT2D eigenvalue weighted by molar-refractivity contribution is -0.150. The third-order valence-electron chi connectivity index (χ3n) is 2.93. The highest BCUT2D eigenvalue weighted by Crippen LogP contribution is 2.01. The van der Waals surface area contributed by atoms with Gasteiger partial charge in [-0.25, -0.2) is 0 Å². The average molecular weight is 331 g/mol. The minimum Gasteiger partial charge on any atom is -0.468 e. The van der Waals surface area contributed by atoms with Gasteiger partial charge in [-0.1, -0.05) is 30.3 Å². The smallest absolute Gasteiger partial charge is 0.329 e. The van der Waals surface area contributed by atoms with E-state index in [4.69, 9.17) is 10.6 Å². The van der Waals surface area contributed by atoms with Crippen LogP contribution in [0.4, 0.5) is 0 Å². The van der Waals surface area contributed by atoms with Gasteiger partial charge in [0.05, 0.1) is 13.5 Å². The second-order valence-corrected chi connectivity index (χ2v) is 4.66. The Morgan fingerprint density at radius 1 is 1.23 bits per heavy atom. The van der Waals surface area contributed by atoms with Crippen LogP contribution < -0.4 is 11.2 Å². The first-order valence-corrected chi connectivity index (χ1v) is 6.93. The van der Waals surface area contributed by atoms with Crippen LogP contribution in [-0.4, -0.2) is 31.6 Å². The number of carbonyl (C=O) groups excluding carboxylic acids is 2. The van der Waals surface area contributed by atoms with E-state index in [-0.39, 0.29) is 24.8 Å². The van der Waals surface area contributed by atoms with Crippen molar-refractivity contribution in [3.05, 3.63) is 35.9 Å². The summed E-state index contributed by atoms with van der Waals surface area (Å²) in [5, 5.41) is 0. The van der Waals surface area contributed by atoms with E-state index in [0.29, 0.717) is 13.0 Å². The Morgan fingerprint density at radius 2 is 1.91 bits per heavy atom. The molecule has 0 radical (unpaired) electrons. The fraction of sp³-hybridized carbons (Fsp3) is 0.467. The Balaban J connectivity index is 0.00000441. The molecule has 1 aromatic rings. The minimum absolute atomic E-state index is 0. The highest BCUT2D eigenvalue weighted by Gasteiger charge is 2.12. The van der Waals surface area contributed by atoms with Crippen molar-refractivity contribution in [1.82, 2.24) is 5.48 Å². The van der Waals surface area contributed by atoms with Crippen LogP contribution in [0.15, 0.2) is 30.3 Å². The van der Waals surface area contributed by atoms with Gasteiger partial charge in [-0.15, -0.1) is 12.4 Å². The van der Waals surface area contributed by atoms with Crippen molar-refractivity contribution in [3.8, 4) is 0 Å². The molecule has 0 amide bonds. The van der Waals surface area contributed by atoms with Gasteiger partial charge in [-0.3, -0.25) is 9.59 Å². The van der Waals surface area contributed by atoms with Crippen molar-refractivity contribution in [2.24, 2.45) is 5.73 Å². The largest absolute Gasteiger partial charge is 0.468 e. The lowest BCUT2D eigenvalue weighted by Gasteiger charge is -2.09. The lowest BCUT2D eigenvalue weighted by Crippen LogP contribution is -2.31. The van der Waals surface area contributed by atoms with E-state index < -0.39 is 12.0 Å². The Morgan fingerprint density at radius 3 is 2.55 bits per heavy atom. The van der Waals surface area contributed by atoms with Gasteiger partial charge in [0.2, 0.25) is 0 Å². The highest BCUT2D eigenvalue weighted by molar-refractivity contribution is 5.85.